The van der Waals surface area contributed by atoms with Gasteiger partial charge in [0, 0.05) is 12.1 Å². The van der Waals surface area contributed by atoms with Crippen molar-refractivity contribution in [1.29, 1.82) is 0 Å². The zero-order valence-electron chi connectivity index (χ0n) is 13.0. The van der Waals surface area contributed by atoms with Crippen molar-refractivity contribution in [3.05, 3.63) is 0 Å². The zero-order valence-corrected chi connectivity index (χ0v) is 13.0. The Morgan fingerprint density at radius 3 is 2.18 bits per heavy atom. The first-order chi connectivity index (χ1) is 7.66. The van der Waals surface area contributed by atoms with Gasteiger partial charge in [0.25, 0.3) is 0 Å². The van der Waals surface area contributed by atoms with Crippen LogP contribution in [0.5, 0.6) is 0 Å². The molecule has 0 aliphatic carbocycles. The highest BCUT2D eigenvalue weighted by Crippen LogP contribution is 2.20. The molecule has 17 heavy (non-hydrogen) atoms. The van der Waals surface area contributed by atoms with Crippen molar-refractivity contribution >= 4 is 14.3 Å². The van der Waals surface area contributed by atoms with Crippen molar-refractivity contribution in [2.45, 2.75) is 79.0 Å². The zero-order chi connectivity index (χ0) is 13.5. The van der Waals surface area contributed by atoms with E-state index in [1.165, 1.54) is 12.8 Å². The van der Waals surface area contributed by atoms with Crippen LogP contribution in [0.2, 0.25) is 5.82 Å². The second kappa shape index (κ2) is 7.51. The Labute approximate surface area is 111 Å². The van der Waals surface area contributed by atoms with Crippen LogP contribution in [-0.4, -0.2) is 26.4 Å². The summed E-state index contributed by atoms with van der Waals surface area (Å²) in [5.74, 6) is 0.658. The fourth-order valence-electron chi connectivity index (χ4n) is 1.62. The van der Waals surface area contributed by atoms with Crippen molar-refractivity contribution in [1.82, 2.24) is 0 Å². The molecule has 0 saturated carbocycles. The van der Waals surface area contributed by atoms with E-state index in [9.17, 15) is 0 Å². The summed E-state index contributed by atoms with van der Waals surface area (Å²) in [6, 6.07) is 0. The normalized spacial score (nSPS) is 14.5. The van der Waals surface area contributed by atoms with E-state index in [0.29, 0.717) is 11.2 Å². The van der Waals surface area contributed by atoms with Gasteiger partial charge in [-0.25, -0.2) is 0 Å². The third-order valence-electron chi connectivity index (χ3n) is 2.90. The summed E-state index contributed by atoms with van der Waals surface area (Å²) in [6.45, 7) is 16.4. The van der Waals surface area contributed by atoms with Crippen molar-refractivity contribution < 1.29 is 4.74 Å². The molecule has 2 radical (unpaired) electrons. The summed E-state index contributed by atoms with van der Waals surface area (Å²) in [4.78, 5) is 0. The molecule has 0 fully saturated rings. The lowest BCUT2D eigenvalue weighted by Gasteiger charge is -2.28. The van der Waals surface area contributed by atoms with Gasteiger partial charge in [0.2, 0.25) is 0 Å². The van der Waals surface area contributed by atoms with Gasteiger partial charge in [-0.05, 0) is 25.7 Å². The van der Waals surface area contributed by atoms with Crippen molar-refractivity contribution in [3.8, 4) is 0 Å². The van der Waals surface area contributed by atoms with Gasteiger partial charge in [-0.2, -0.15) is 0 Å². The second-order valence-corrected chi connectivity index (χ2v) is 6.89. The topological polar surface area (TPSA) is 9.23 Å². The molecule has 0 N–H and O–H groups in total. The van der Waals surface area contributed by atoms with Gasteiger partial charge in [0.15, 0.2) is 0 Å². The van der Waals surface area contributed by atoms with Gasteiger partial charge in [-0.1, -0.05) is 53.3 Å². The van der Waals surface area contributed by atoms with Gasteiger partial charge in [0.05, 0.1) is 7.17 Å². The minimum absolute atomic E-state index is 0.132. The van der Waals surface area contributed by atoms with E-state index in [2.05, 4.69) is 62.8 Å². The van der Waals surface area contributed by atoms with Crippen LogP contribution in [0.25, 0.3) is 0 Å². The van der Waals surface area contributed by atoms with E-state index in [0.717, 1.165) is 13.0 Å². The van der Waals surface area contributed by atoms with E-state index in [4.69, 9.17) is 4.74 Å². The quantitative estimate of drug-likeness (QED) is 0.576. The van der Waals surface area contributed by atoms with Crippen LogP contribution in [0, 0.1) is 5.41 Å². The van der Waals surface area contributed by atoms with E-state index in [1.54, 1.807) is 0 Å². The Morgan fingerprint density at radius 2 is 1.71 bits per heavy atom. The molecule has 0 amide bonds. The minimum Gasteiger partial charge on any atom is -0.385 e. The molecule has 0 aromatic carbocycles. The maximum Gasteiger partial charge on any atom is 0.109 e. The lowest BCUT2D eigenvalue weighted by molar-refractivity contribution is 0.0295. The molecule has 0 aliphatic rings. The standard InChI is InChI=1S/C14H30B2O/c1-8-9-12(2)15-16-14(6,7)17-11-10-13(3,4)5/h12H,8-11H2,1-7H3. The number of ether oxygens (including phenoxy) is 1. The highest BCUT2D eigenvalue weighted by Gasteiger charge is 2.21. The Morgan fingerprint density at radius 1 is 1.12 bits per heavy atom. The van der Waals surface area contributed by atoms with Gasteiger partial charge in [-0.15, -0.1) is 0 Å². The molecule has 1 atom stereocenters. The number of hydrogen-bond donors (Lipinski definition) is 0. The highest BCUT2D eigenvalue weighted by molar-refractivity contribution is 7.02. The molecule has 1 nitrogen and oxygen atoms in total. The molecule has 0 saturated heterocycles. The second-order valence-electron chi connectivity index (χ2n) is 6.89. The van der Waals surface area contributed by atoms with Crippen LogP contribution in [-0.2, 0) is 4.74 Å². The molecule has 0 heterocycles. The van der Waals surface area contributed by atoms with Crippen LogP contribution in [0.15, 0.2) is 0 Å². The van der Waals surface area contributed by atoms with Crippen LogP contribution in [0.1, 0.15) is 67.7 Å². The maximum atomic E-state index is 5.95. The molecule has 0 rings (SSSR count). The first kappa shape index (κ1) is 17.1. The number of rotatable bonds is 8. The summed E-state index contributed by atoms with van der Waals surface area (Å²) >= 11 is 0. The molecule has 3 heteroatoms. The first-order valence-electron chi connectivity index (χ1n) is 6.99. The first-order valence-corrected chi connectivity index (χ1v) is 6.99. The van der Waals surface area contributed by atoms with Crippen LogP contribution in [0.4, 0.5) is 0 Å². The Balaban J connectivity index is 3.79. The van der Waals surface area contributed by atoms with Gasteiger partial charge >= 0.3 is 0 Å². The molecule has 0 aromatic rings. The van der Waals surface area contributed by atoms with E-state index >= 15 is 0 Å². The van der Waals surface area contributed by atoms with Crippen LogP contribution >= 0.6 is 0 Å². The molecule has 0 bridgehead atoms. The molecular formula is C14H30B2O. The molecule has 0 spiro atoms. The van der Waals surface area contributed by atoms with E-state index < -0.39 is 0 Å². The summed E-state index contributed by atoms with van der Waals surface area (Å²) in [6.07, 6.45) is 3.61. The summed E-state index contributed by atoms with van der Waals surface area (Å²) < 4.78 is 5.95. The number of hydrogen-bond acceptors (Lipinski definition) is 1. The monoisotopic (exact) mass is 236 g/mol. The Kier molecular flexibility index (Phi) is 7.55. The van der Waals surface area contributed by atoms with Crippen LogP contribution in [0.3, 0.4) is 0 Å². The van der Waals surface area contributed by atoms with Gasteiger partial charge in [0.1, 0.15) is 7.17 Å². The summed E-state index contributed by atoms with van der Waals surface area (Å²) in [5.41, 5.74) is 0.225. The fourth-order valence-corrected chi connectivity index (χ4v) is 1.62. The lowest BCUT2D eigenvalue weighted by Crippen LogP contribution is -2.37. The smallest absolute Gasteiger partial charge is 0.109 e. The van der Waals surface area contributed by atoms with Crippen molar-refractivity contribution in [2.24, 2.45) is 5.41 Å². The summed E-state index contributed by atoms with van der Waals surface area (Å²) in [7, 11) is 4.51. The Hall–Kier alpha value is 0.0899. The molecule has 98 valence electrons. The maximum absolute atomic E-state index is 5.95. The average Bonchev–Trinajstić information content (AvgIpc) is 2.13. The highest BCUT2D eigenvalue weighted by atomic mass is 16.5. The summed E-state index contributed by atoms with van der Waals surface area (Å²) in [5, 5.41) is 0. The molecule has 0 aliphatic heterocycles. The predicted molar refractivity (Wildman–Crippen MR) is 79.9 cm³/mol. The minimum atomic E-state index is -0.132. The SMILES string of the molecule is CCCC(C)[B][B]C(C)(C)OCCC(C)(C)C. The molecule has 1 unspecified atom stereocenters. The Bertz CT molecular complexity index is 197. The van der Waals surface area contributed by atoms with Crippen molar-refractivity contribution in [3.63, 3.8) is 0 Å². The fraction of sp³-hybridized carbons (Fsp3) is 1.00. The molecular weight excluding hydrogens is 206 g/mol. The van der Waals surface area contributed by atoms with Crippen LogP contribution < -0.4 is 0 Å². The van der Waals surface area contributed by atoms with E-state index in [1.807, 2.05) is 0 Å². The molecule has 0 aromatic heterocycles. The van der Waals surface area contributed by atoms with Crippen molar-refractivity contribution in [2.75, 3.05) is 6.61 Å². The average molecular weight is 236 g/mol. The van der Waals surface area contributed by atoms with Gasteiger partial charge < -0.3 is 4.74 Å². The third kappa shape index (κ3) is 10.9. The largest absolute Gasteiger partial charge is 0.385 e. The predicted octanol–water partition coefficient (Wildman–Crippen LogP) is 4.11. The van der Waals surface area contributed by atoms with Gasteiger partial charge in [-0.3, -0.25) is 0 Å². The third-order valence-corrected chi connectivity index (χ3v) is 2.90. The lowest BCUT2D eigenvalue weighted by atomic mass is 9.28. The van der Waals surface area contributed by atoms with E-state index in [-0.39, 0.29) is 5.50 Å².